The van der Waals surface area contributed by atoms with E-state index in [9.17, 15) is 30.9 Å². The number of halogens is 4. The SMILES string of the molecule is CCCSP(=O)(OCC)N1CCN(CC)C1=NC#N.COC(=O)c1cc(Cl)ccc1NS(=O)(=O)C(F)(F)F. The maximum absolute atomic E-state index is 13.0. The molecule has 1 aromatic carbocycles. The van der Waals surface area contributed by atoms with Gasteiger partial charge >= 0.3 is 28.2 Å². The molecule has 0 aliphatic carbocycles. The lowest BCUT2D eigenvalue weighted by Crippen LogP contribution is -2.31. The highest BCUT2D eigenvalue weighted by molar-refractivity contribution is 8.56. The molecule has 0 saturated carbocycles. The lowest BCUT2D eigenvalue weighted by Gasteiger charge is -2.28. The fourth-order valence-electron chi connectivity index (χ4n) is 2.92. The van der Waals surface area contributed by atoms with Gasteiger partial charge in [0.15, 0.2) is 0 Å². The largest absolute Gasteiger partial charge is 0.516 e. The number of nitrogens with zero attached hydrogens (tertiary/aromatic N) is 4. The number of alkyl halides is 3. The van der Waals surface area contributed by atoms with Crippen molar-refractivity contribution in [2.45, 2.75) is 32.7 Å². The van der Waals surface area contributed by atoms with Crippen LogP contribution >= 0.6 is 29.7 Å². The standard InChI is InChI=1S/C11H21N4O2PS.C9H7ClF3NO4S/c1-4-9-19-18(16,17-6-3)15-8-7-14(5-2)11(15)13-10-12;1-18-8(15)6-4-5(10)2-3-7(6)14-19(16,17)9(11,12)13/h4-9H2,1-3H3;2-4,14H,1H3. The zero-order valence-corrected chi connectivity index (χ0v) is 24.3. The van der Waals surface area contributed by atoms with Crippen LogP contribution in [0.1, 0.15) is 37.6 Å². The van der Waals surface area contributed by atoms with Crippen LogP contribution in [0.4, 0.5) is 18.9 Å². The van der Waals surface area contributed by atoms with Crippen molar-refractivity contribution in [2.75, 3.05) is 43.8 Å². The summed E-state index contributed by atoms with van der Waals surface area (Å²) in [5, 5.41) is 8.84. The van der Waals surface area contributed by atoms with Crippen LogP contribution < -0.4 is 4.72 Å². The third-order valence-electron chi connectivity index (χ3n) is 4.61. The average molecular weight is 622 g/mol. The molecule has 1 N–H and O–H groups in total. The summed E-state index contributed by atoms with van der Waals surface area (Å²) < 4.78 is 84.3. The van der Waals surface area contributed by atoms with Crippen molar-refractivity contribution in [1.29, 1.82) is 5.26 Å². The smallest absolute Gasteiger partial charge is 0.465 e. The summed E-state index contributed by atoms with van der Waals surface area (Å²) in [5.41, 5.74) is -6.50. The summed E-state index contributed by atoms with van der Waals surface area (Å²) in [6.07, 6.45) is 2.72. The number of hydrogen-bond donors (Lipinski definition) is 1. The van der Waals surface area contributed by atoms with Crippen molar-refractivity contribution in [3.8, 4) is 6.19 Å². The van der Waals surface area contributed by atoms with E-state index in [4.69, 9.17) is 21.4 Å². The van der Waals surface area contributed by atoms with Crippen molar-refractivity contribution in [2.24, 2.45) is 4.99 Å². The predicted molar refractivity (Wildman–Crippen MR) is 140 cm³/mol. The van der Waals surface area contributed by atoms with Gasteiger partial charge in [0.05, 0.1) is 25.0 Å². The van der Waals surface area contributed by atoms with Crippen molar-refractivity contribution < 1.29 is 40.2 Å². The molecule has 0 spiro atoms. The molecule has 1 fully saturated rings. The van der Waals surface area contributed by atoms with Gasteiger partial charge in [0.25, 0.3) is 0 Å². The van der Waals surface area contributed by atoms with Gasteiger partial charge in [0.1, 0.15) is 0 Å². The van der Waals surface area contributed by atoms with Crippen molar-refractivity contribution >= 4 is 57.3 Å². The minimum absolute atomic E-state index is 0.0374. The van der Waals surface area contributed by atoms with Gasteiger partial charge in [-0.2, -0.15) is 26.9 Å². The minimum Gasteiger partial charge on any atom is -0.465 e. The Morgan fingerprint density at radius 3 is 2.47 bits per heavy atom. The van der Waals surface area contributed by atoms with E-state index in [0.717, 1.165) is 50.6 Å². The van der Waals surface area contributed by atoms with Crippen LogP contribution in [0.25, 0.3) is 0 Å². The Labute approximate surface area is 228 Å². The van der Waals surface area contributed by atoms with Gasteiger partial charge in [-0.1, -0.05) is 18.5 Å². The van der Waals surface area contributed by atoms with Crippen molar-refractivity contribution in [1.82, 2.24) is 9.57 Å². The number of hydrogen-bond acceptors (Lipinski definition) is 9. The molecule has 1 aromatic rings. The second-order valence-corrected chi connectivity index (χ2v) is 13.8. The summed E-state index contributed by atoms with van der Waals surface area (Å²) in [7, 11) is -4.64. The average Bonchev–Trinajstić information content (AvgIpc) is 3.27. The number of ether oxygens (including phenoxy) is 1. The van der Waals surface area contributed by atoms with Gasteiger partial charge in [-0.3, -0.25) is 14.0 Å². The number of carbonyl (C=O) groups excluding carboxylic acids is 1. The highest BCUT2D eigenvalue weighted by Crippen LogP contribution is 2.63. The van der Waals surface area contributed by atoms with E-state index in [-0.39, 0.29) is 5.02 Å². The highest BCUT2D eigenvalue weighted by Gasteiger charge is 2.46. The molecule has 1 saturated heterocycles. The number of nitriles is 1. The van der Waals surface area contributed by atoms with Crippen LogP contribution in [0.3, 0.4) is 0 Å². The zero-order chi connectivity index (χ0) is 29.1. The van der Waals surface area contributed by atoms with Gasteiger partial charge in [0, 0.05) is 30.4 Å². The fraction of sp³-hybridized carbons (Fsp3) is 0.550. The monoisotopic (exact) mass is 621 g/mol. The van der Waals surface area contributed by atoms with Crippen LogP contribution in [0, 0.1) is 11.5 Å². The third kappa shape index (κ3) is 8.94. The van der Waals surface area contributed by atoms with E-state index in [1.54, 1.807) is 10.9 Å². The zero-order valence-electron chi connectivity index (χ0n) is 21.0. The van der Waals surface area contributed by atoms with Gasteiger partial charge < -0.3 is 14.2 Å². The number of likely N-dealkylation sites (N-methyl/N-ethyl adjacent to an activating group) is 1. The van der Waals surface area contributed by atoms with E-state index in [0.29, 0.717) is 19.1 Å². The Morgan fingerprint density at radius 2 is 1.97 bits per heavy atom. The topological polar surface area (TPSA) is 141 Å². The molecule has 11 nitrogen and oxygen atoms in total. The molecule has 1 heterocycles. The number of anilines is 1. The number of rotatable bonds is 10. The van der Waals surface area contributed by atoms with E-state index in [1.807, 2.05) is 25.7 Å². The maximum Gasteiger partial charge on any atom is 0.516 e. The molecule has 214 valence electrons. The summed E-state index contributed by atoms with van der Waals surface area (Å²) in [4.78, 5) is 17.1. The molecular weight excluding hydrogens is 594 g/mol. The molecule has 18 heteroatoms. The summed E-state index contributed by atoms with van der Waals surface area (Å²) in [5.74, 6) is 0.215. The quantitative estimate of drug-likeness (QED) is 0.212. The van der Waals surface area contributed by atoms with Crippen LogP contribution in [0.2, 0.25) is 5.02 Å². The number of esters is 1. The molecule has 1 aliphatic rings. The van der Waals surface area contributed by atoms with Crippen LogP contribution in [-0.2, 0) is 23.8 Å². The number of sulfonamides is 1. The maximum atomic E-state index is 13.0. The summed E-state index contributed by atoms with van der Waals surface area (Å²) in [6, 6.07) is 3.04. The first-order valence-corrected chi connectivity index (χ1v) is 16.1. The Kier molecular flexibility index (Phi) is 13.2. The Balaban J connectivity index is 0.000000380. The van der Waals surface area contributed by atoms with Crippen LogP contribution in [-0.4, -0.2) is 74.5 Å². The second kappa shape index (κ2) is 14.8. The Morgan fingerprint density at radius 1 is 1.32 bits per heavy atom. The summed E-state index contributed by atoms with van der Waals surface area (Å²) >= 11 is 6.90. The van der Waals surface area contributed by atoms with Gasteiger partial charge in [-0.25, -0.2) is 4.79 Å². The molecule has 0 aromatic heterocycles. The first kappa shape index (κ1) is 33.8. The summed E-state index contributed by atoms with van der Waals surface area (Å²) in [6.45, 7) is 5.29. The molecule has 38 heavy (non-hydrogen) atoms. The van der Waals surface area contributed by atoms with E-state index in [2.05, 4.69) is 9.73 Å². The van der Waals surface area contributed by atoms with Crippen LogP contribution in [0.15, 0.2) is 23.2 Å². The minimum atomic E-state index is -5.63. The Bertz CT molecular complexity index is 1200. The molecule has 1 aliphatic heterocycles. The lowest BCUT2D eigenvalue weighted by molar-refractivity contribution is -0.0429. The molecule has 0 radical (unpaired) electrons. The lowest BCUT2D eigenvalue weighted by atomic mass is 10.2. The molecule has 1 atom stereocenters. The normalized spacial score (nSPS) is 16.3. The molecular formula is C20H28ClF3N5O6PS2. The number of benzene rings is 1. The van der Waals surface area contributed by atoms with Gasteiger partial charge in [-0.05, 0) is 49.8 Å². The number of guanidine groups is 1. The van der Waals surface area contributed by atoms with Crippen molar-refractivity contribution in [3.63, 3.8) is 0 Å². The third-order valence-corrected chi connectivity index (χ3v) is 10.8. The first-order valence-electron chi connectivity index (χ1n) is 11.1. The first-order chi connectivity index (χ1) is 17.7. The molecule has 0 amide bonds. The van der Waals surface area contributed by atoms with Gasteiger partial charge in [-0.15, -0.1) is 4.99 Å². The van der Waals surface area contributed by atoms with Crippen molar-refractivity contribution in [3.05, 3.63) is 28.8 Å². The number of nitrogens with one attached hydrogen (secondary N) is 1. The fourth-order valence-corrected chi connectivity index (χ4v) is 8.15. The van der Waals surface area contributed by atoms with E-state index in [1.165, 1.54) is 16.1 Å². The molecule has 0 bridgehead atoms. The van der Waals surface area contributed by atoms with E-state index < -0.39 is 39.5 Å². The number of methoxy groups -OCH3 is 1. The number of carbonyl (C=O) groups is 1. The van der Waals surface area contributed by atoms with Gasteiger partial charge in [0.2, 0.25) is 12.2 Å². The molecule has 2 rings (SSSR count). The second-order valence-electron chi connectivity index (χ2n) is 7.17. The van der Waals surface area contributed by atoms with E-state index >= 15 is 0 Å². The Hall–Kier alpha value is -2.18. The van der Waals surface area contributed by atoms with Crippen LogP contribution in [0.5, 0.6) is 0 Å². The molecule has 1 unspecified atom stereocenters. The predicted octanol–water partition coefficient (Wildman–Crippen LogP) is 5.14. The number of aliphatic imine (C=N–C) groups is 1. The highest BCUT2D eigenvalue weighted by atomic mass is 35.5.